The average Bonchev–Trinajstić information content (AvgIpc) is 3.14. The Morgan fingerprint density at radius 2 is 1.92 bits per heavy atom. The molecule has 0 unspecified atom stereocenters. The lowest BCUT2D eigenvalue weighted by molar-refractivity contribution is -0.131. The Kier molecular flexibility index (Phi) is 4.70. The fourth-order valence-corrected chi connectivity index (χ4v) is 2.71. The summed E-state index contributed by atoms with van der Waals surface area (Å²) in [6, 6.07) is 6.23. The maximum absolute atomic E-state index is 12.1. The van der Waals surface area contributed by atoms with E-state index in [1.807, 2.05) is 24.3 Å². The Morgan fingerprint density at radius 3 is 2.46 bits per heavy atom. The molecule has 1 aromatic heterocycles. The third-order valence-electron chi connectivity index (χ3n) is 4.28. The second kappa shape index (κ2) is 6.95. The van der Waals surface area contributed by atoms with Crippen molar-refractivity contribution in [1.29, 1.82) is 0 Å². The van der Waals surface area contributed by atoms with Gasteiger partial charge in [0.15, 0.2) is 0 Å². The summed E-state index contributed by atoms with van der Waals surface area (Å²) in [5.41, 5.74) is 1.71. The average molecular weight is 357 g/mol. The van der Waals surface area contributed by atoms with Gasteiger partial charge in [-0.05, 0) is 5.56 Å². The normalized spacial score (nSPS) is 17.1. The van der Waals surface area contributed by atoms with Gasteiger partial charge in [-0.25, -0.2) is 4.79 Å². The predicted octanol–water partition coefficient (Wildman–Crippen LogP) is 0.944. The molecule has 1 saturated heterocycles. The number of carbonyl (C=O) groups is 3. The summed E-state index contributed by atoms with van der Waals surface area (Å²) in [5, 5.41) is 6.61. The van der Waals surface area contributed by atoms with Crippen LogP contribution in [0, 0.1) is 6.92 Å². The third kappa shape index (κ3) is 3.41. The number of nitrogens with zero attached hydrogens (tertiary/aromatic N) is 4. The quantitative estimate of drug-likeness (QED) is 0.798. The zero-order chi connectivity index (χ0) is 18.8. The van der Waals surface area contributed by atoms with Crippen LogP contribution in [-0.4, -0.2) is 57.9 Å². The molecular formula is C17H19N5O4. The molecule has 9 nitrogen and oxygen atoms in total. The molecule has 0 spiro atoms. The van der Waals surface area contributed by atoms with Crippen LogP contribution >= 0.6 is 0 Å². The van der Waals surface area contributed by atoms with E-state index in [2.05, 4.69) is 15.5 Å². The Labute approximate surface area is 150 Å². The van der Waals surface area contributed by atoms with Crippen molar-refractivity contribution in [2.45, 2.75) is 25.9 Å². The van der Waals surface area contributed by atoms with Gasteiger partial charge in [0.25, 0.3) is 5.91 Å². The molecule has 1 aliphatic heterocycles. The lowest BCUT2D eigenvalue weighted by Crippen LogP contribution is -2.37. The van der Waals surface area contributed by atoms with E-state index in [9.17, 15) is 14.4 Å². The van der Waals surface area contributed by atoms with Gasteiger partial charge in [-0.2, -0.15) is 4.98 Å². The number of rotatable bonds is 5. The number of carbonyl (C=O) groups excluding carboxylic acids is 3. The molecule has 2 heterocycles. The number of benzene rings is 1. The molecule has 1 aromatic carbocycles. The molecule has 9 heteroatoms. The molecule has 2 aromatic rings. The second-order valence-electron chi connectivity index (χ2n) is 6.12. The van der Waals surface area contributed by atoms with Crippen molar-refractivity contribution in [2.24, 2.45) is 0 Å². The number of hydrogen-bond acceptors (Lipinski definition) is 6. The summed E-state index contributed by atoms with van der Waals surface area (Å²) in [6.45, 7) is 2.04. The first kappa shape index (κ1) is 17.6. The van der Waals surface area contributed by atoms with Gasteiger partial charge in [-0.15, -0.1) is 0 Å². The van der Waals surface area contributed by atoms with Crippen LogP contribution in [0.5, 0.6) is 0 Å². The van der Waals surface area contributed by atoms with Crippen LogP contribution in [0.25, 0.3) is 11.4 Å². The number of imide groups is 1. The minimum absolute atomic E-state index is 0.0639. The van der Waals surface area contributed by atoms with Crippen molar-refractivity contribution in [2.75, 3.05) is 14.1 Å². The number of aromatic nitrogens is 2. The van der Waals surface area contributed by atoms with Crippen molar-refractivity contribution in [3.63, 3.8) is 0 Å². The maximum Gasteiger partial charge on any atom is 0.326 e. The minimum atomic E-state index is -0.753. The fraction of sp³-hybridized carbons (Fsp3) is 0.353. The topological polar surface area (TPSA) is 109 Å². The van der Waals surface area contributed by atoms with Gasteiger partial charge in [0.2, 0.25) is 17.6 Å². The first-order chi connectivity index (χ1) is 12.4. The van der Waals surface area contributed by atoms with Gasteiger partial charge in [0.05, 0.1) is 6.42 Å². The van der Waals surface area contributed by atoms with Gasteiger partial charge < -0.3 is 14.7 Å². The number of amides is 4. The van der Waals surface area contributed by atoms with Crippen LogP contribution < -0.4 is 5.32 Å². The lowest BCUT2D eigenvalue weighted by Gasteiger charge is -2.15. The van der Waals surface area contributed by atoms with Crippen LogP contribution in [0.15, 0.2) is 28.8 Å². The van der Waals surface area contributed by atoms with E-state index in [1.54, 1.807) is 6.92 Å². The molecular weight excluding hydrogens is 338 g/mol. The summed E-state index contributed by atoms with van der Waals surface area (Å²) in [4.78, 5) is 42.3. The van der Waals surface area contributed by atoms with Crippen molar-refractivity contribution < 1.29 is 18.9 Å². The first-order valence-corrected chi connectivity index (χ1v) is 8.07. The smallest absolute Gasteiger partial charge is 0.326 e. The first-order valence-electron chi connectivity index (χ1n) is 8.07. The Balaban J connectivity index is 1.55. The van der Waals surface area contributed by atoms with Gasteiger partial charge in [0.1, 0.15) is 6.04 Å². The van der Waals surface area contributed by atoms with E-state index in [1.165, 1.54) is 19.0 Å². The monoisotopic (exact) mass is 357 g/mol. The molecule has 1 N–H and O–H groups in total. The minimum Gasteiger partial charge on any atom is -0.352 e. The van der Waals surface area contributed by atoms with Crippen LogP contribution in [-0.2, 0) is 16.1 Å². The van der Waals surface area contributed by atoms with E-state index in [-0.39, 0.29) is 18.2 Å². The van der Waals surface area contributed by atoms with Gasteiger partial charge in [-0.1, -0.05) is 29.4 Å². The third-order valence-corrected chi connectivity index (χ3v) is 4.28. The zero-order valence-electron chi connectivity index (χ0n) is 14.7. The maximum atomic E-state index is 12.1. The van der Waals surface area contributed by atoms with Crippen LogP contribution in [0.3, 0.4) is 0 Å². The molecule has 1 fully saturated rings. The Bertz CT molecular complexity index is 845. The summed E-state index contributed by atoms with van der Waals surface area (Å²) in [6.07, 6.45) is -0.0639. The molecule has 1 aliphatic rings. The van der Waals surface area contributed by atoms with E-state index in [0.29, 0.717) is 18.3 Å². The highest BCUT2D eigenvalue weighted by Gasteiger charge is 2.41. The molecule has 0 saturated carbocycles. The lowest BCUT2D eigenvalue weighted by atomic mass is 10.1. The summed E-state index contributed by atoms with van der Waals surface area (Å²) in [5.74, 6) is 0.338. The summed E-state index contributed by atoms with van der Waals surface area (Å²) >= 11 is 0. The fourth-order valence-electron chi connectivity index (χ4n) is 2.71. The van der Waals surface area contributed by atoms with Gasteiger partial charge in [0, 0.05) is 33.1 Å². The van der Waals surface area contributed by atoms with Crippen molar-refractivity contribution in [3.05, 3.63) is 35.7 Å². The number of urea groups is 1. The molecule has 0 bridgehead atoms. The predicted molar refractivity (Wildman–Crippen MR) is 90.7 cm³/mol. The molecule has 26 heavy (non-hydrogen) atoms. The van der Waals surface area contributed by atoms with Crippen molar-refractivity contribution in [1.82, 2.24) is 25.3 Å². The van der Waals surface area contributed by atoms with Gasteiger partial charge in [-0.3, -0.25) is 14.5 Å². The van der Waals surface area contributed by atoms with Crippen molar-refractivity contribution >= 4 is 17.8 Å². The number of aryl methyl sites for hydroxylation is 1. The highest BCUT2D eigenvalue weighted by atomic mass is 16.5. The van der Waals surface area contributed by atoms with Crippen LogP contribution in [0.2, 0.25) is 0 Å². The number of likely N-dealkylation sites (N-methyl/N-ethyl adjacent to an activating group) is 2. The van der Waals surface area contributed by atoms with Crippen LogP contribution in [0.4, 0.5) is 4.79 Å². The molecule has 0 radical (unpaired) electrons. The molecule has 3 rings (SSSR count). The largest absolute Gasteiger partial charge is 0.352 e. The highest BCUT2D eigenvalue weighted by molar-refractivity contribution is 6.05. The van der Waals surface area contributed by atoms with Gasteiger partial charge >= 0.3 is 6.03 Å². The number of nitrogens with one attached hydrogen (secondary N) is 1. The molecule has 0 aliphatic carbocycles. The van der Waals surface area contributed by atoms with Crippen molar-refractivity contribution in [3.8, 4) is 11.4 Å². The zero-order valence-corrected chi connectivity index (χ0v) is 14.7. The Hall–Kier alpha value is -3.23. The highest BCUT2D eigenvalue weighted by Crippen LogP contribution is 2.18. The van der Waals surface area contributed by atoms with E-state index >= 15 is 0 Å². The molecule has 136 valence electrons. The van der Waals surface area contributed by atoms with E-state index in [4.69, 9.17) is 4.52 Å². The Morgan fingerprint density at radius 1 is 1.23 bits per heavy atom. The SMILES string of the molecule is Cc1nc(-c2ccc(CNC(=O)C[C@H]3C(=O)N(C)C(=O)N3C)cc2)no1. The standard InChI is InChI=1S/C17H19N5O4/c1-10-19-15(20-26-10)12-6-4-11(5-7-12)9-18-14(23)8-13-16(24)22(3)17(25)21(13)2/h4-7,13H,8-9H2,1-3H3,(H,18,23)/t13-/m0/s1. The second-order valence-corrected chi connectivity index (χ2v) is 6.12. The molecule has 4 amide bonds. The van der Waals surface area contributed by atoms with Crippen LogP contribution in [0.1, 0.15) is 17.9 Å². The summed E-state index contributed by atoms with van der Waals surface area (Å²) < 4.78 is 4.95. The number of hydrogen-bond donors (Lipinski definition) is 1. The van der Waals surface area contributed by atoms with E-state index < -0.39 is 12.1 Å². The molecule has 1 atom stereocenters. The summed E-state index contributed by atoms with van der Waals surface area (Å²) in [7, 11) is 2.92. The van der Waals surface area contributed by atoms with E-state index in [0.717, 1.165) is 16.0 Å².